The summed E-state index contributed by atoms with van der Waals surface area (Å²) in [6, 6.07) is 1.33. The van der Waals surface area contributed by atoms with E-state index in [9.17, 15) is 9.59 Å². The lowest BCUT2D eigenvalue weighted by Crippen LogP contribution is -2.49. The minimum atomic E-state index is -0.709. The predicted octanol–water partition coefficient (Wildman–Crippen LogP) is 1.87. The molecular weight excluding hydrogens is 298 g/mol. The SMILES string of the molecule is CC(C)(C)OC(=O)N[C@@H](CCCC#N)C(=O)NC[C@@H]1CCCO1. The molecule has 23 heavy (non-hydrogen) atoms. The molecule has 0 aromatic rings. The number of nitrogens with zero attached hydrogens (tertiary/aromatic N) is 1. The zero-order valence-corrected chi connectivity index (χ0v) is 14.2. The Morgan fingerprint density at radius 2 is 2.17 bits per heavy atom. The molecule has 1 fully saturated rings. The molecule has 0 bridgehead atoms. The third-order valence-electron chi connectivity index (χ3n) is 3.32. The van der Waals surface area contributed by atoms with Crippen molar-refractivity contribution >= 4 is 12.0 Å². The molecule has 1 aliphatic heterocycles. The summed E-state index contributed by atoms with van der Waals surface area (Å²) in [4.78, 5) is 24.1. The predicted molar refractivity (Wildman–Crippen MR) is 84.6 cm³/mol. The van der Waals surface area contributed by atoms with Gasteiger partial charge in [-0.3, -0.25) is 4.79 Å². The highest BCUT2D eigenvalue weighted by Crippen LogP contribution is 2.11. The Bertz CT molecular complexity index is 434. The average molecular weight is 325 g/mol. The first kappa shape index (κ1) is 19.2. The van der Waals surface area contributed by atoms with Gasteiger partial charge >= 0.3 is 6.09 Å². The van der Waals surface area contributed by atoms with Crippen LogP contribution in [0.15, 0.2) is 0 Å². The van der Waals surface area contributed by atoms with Crippen LogP contribution < -0.4 is 10.6 Å². The van der Waals surface area contributed by atoms with Gasteiger partial charge in [0.15, 0.2) is 0 Å². The Morgan fingerprint density at radius 1 is 1.43 bits per heavy atom. The lowest BCUT2D eigenvalue weighted by molar-refractivity contribution is -0.123. The number of carbonyl (C=O) groups is 2. The number of unbranched alkanes of at least 4 members (excludes halogenated alkanes) is 1. The molecule has 0 radical (unpaired) electrons. The average Bonchev–Trinajstić information content (AvgIpc) is 2.95. The Balaban J connectivity index is 2.50. The number of alkyl carbamates (subject to hydrolysis) is 1. The molecule has 1 heterocycles. The maximum absolute atomic E-state index is 12.3. The smallest absolute Gasteiger partial charge is 0.408 e. The summed E-state index contributed by atoms with van der Waals surface area (Å²) >= 11 is 0. The summed E-state index contributed by atoms with van der Waals surface area (Å²) in [6.07, 6.45) is 2.60. The molecule has 2 amide bonds. The second-order valence-electron chi connectivity index (χ2n) is 6.63. The molecule has 2 atom stereocenters. The topological polar surface area (TPSA) is 100 Å². The van der Waals surface area contributed by atoms with Crippen LogP contribution in [-0.2, 0) is 14.3 Å². The molecule has 0 unspecified atom stereocenters. The van der Waals surface area contributed by atoms with Gasteiger partial charge in [0.1, 0.15) is 11.6 Å². The molecule has 0 aromatic carbocycles. The van der Waals surface area contributed by atoms with Gasteiger partial charge in [-0.25, -0.2) is 4.79 Å². The van der Waals surface area contributed by atoms with Crippen LogP contribution in [0.2, 0.25) is 0 Å². The van der Waals surface area contributed by atoms with Crippen molar-refractivity contribution in [3.05, 3.63) is 0 Å². The summed E-state index contributed by atoms with van der Waals surface area (Å²) in [7, 11) is 0. The Morgan fingerprint density at radius 3 is 2.74 bits per heavy atom. The van der Waals surface area contributed by atoms with Gasteiger partial charge in [0.25, 0.3) is 0 Å². The summed E-state index contributed by atoms with van der Waals surface area (Å²) in [5.41, 5.74) is -0.630. The monoisotopic (exact) mass is 325 g/mol. The zero-order valence-electron chi connectivity index (χ0n) is 14.2. The lowest BCUT2D eigenvalue weighted by Gasteiger charge is -2.23. The summed E-state index contributed by atoms with van der Waals surface area (Å²) in [5.74, 6) is -0.274. The zero-order chi connectivity index (χ0) is 17.3. The van der Waals surface area contributed by atoms with Crippen molar-refractivity contribution in [2.75, 3.05) is 13.2 Å². The third-order valence-corrected chi connectivity index (χ3v) is 3.32. The minimum absolute atomic E-state index is 0.0419. The first-order chi connectivity index (χ1) is 10.8. The fourth-order valence-corrected chi connectivity index (χ4v) is 2.25. The number of rotatable bonds is 7. The molecule has 7 nitrogen and oxygen atoms in total. The third kappa shape index (κ3) is 8.41. The van der Waals surface area contributed by atoms with E-state index >= 15 is 0 Å². The van der Waals surface area contributed by atoms with Gasteiger partial charge in [-0.15, -0.1) is 0 Å². The van der Waals surface area contributed by atoms with Gasteiger partial charge in [0.2, 0.25) is 5.91 Å². The summed E-state index contributed by atoms with van der Waals surface area (Å²) < 4.78 is 10.6. The fourth-order valence-electron chi connectivity index (χ4n) is 2.25. The lowest BCUT2D eigenvalue weighted by atomic mass is 10.1. The standard InChI is InChI=1S/C16H27N3O4/c1-16(2,3)23-15(21)19-13(8-4-5-9-17)14(20)18-11-12-7-6-10-22-12/h12-13H,4-8,10-11H2,1-3H3,(H,18,20)(H,19,21)/t12-,13-/m0/s1. The Labute approximate surface area is 137 Å². The fraction of sp³-hybridized carbons (Fsp3) is 0.812. The van der Waals surface area contributed by atoms with Crippen molar-refractivity contribution in [3.8, 4) is 6.07 Å². The molecule has 1 saturated heterocycles. The number of hydrogen-bond donors (Lipinski definition) is 2. The molecule has 0 aliphatic carbocycles. The van der Waals surface area contributed by atoms with Gasteiger partial charge in [0, 0.05) is 19.6 Å². The minimum Gasteiger partial charge on any atom is -0.444 e. The molecular formula is C16H27N3O4. The Kier molecular flexibility index (Phi) is 7.83. The Hall–Kier alpha value is -1.81. The van der Waals surface area contributed by atoms with Crippen molar-refractivity contribution in [3.63, 3.8) is 0 Å². The van der Waals surface area contributed by atoms with Gasteiger partial charge < -0.3 is 20.1 Å². The highest BCUT2D eigenvalue weighted by molar-refractivity contribution is 5.85. The van der Waals surface area contributed by atoms with Crippen LogP contribution in [-0.4, -0.2) is 42.9 Å². The number of hydrogen-bond acceptors (Lipinski definition) is 5. The quantitative estimate of drug-likeness (QED) is 0.696. The number of amides is 2. The van der Waals surface area contributed by atoms with E-state index in [1.165, 1.54) is 0 Å². The molecule has 2 N–H and O–H groups in total. The van der Waals surface area contributed by atoms with Crippen LogP contribution in [0.25, 0.3) is 0 Å². The molecule has 0 aromatic heterocycles. The first-order valence-corrected chi connectivity index (χ1v) is 8.07. The maximum Gasteiger partial charge on any atom is 0.408 e. The van der Waals surface area contributed by atoms with E-state index in [1.54, 1.807) is 20.8 Å². The van der Waals surface area contributed by atoms with Gasteiger partial charge in [-0.2, -0.15) is 5.26 Å². The highest BCUT2D eigenvalue weighted by Gasteiger charge is 2.25. The number of nitriles is 1. The maximum atomic E-state index is 12.3. The van der Waals surface area contributed by atoms with Gasteiger partial charge in [0.05, 0.1) is 12.2 Å². The molecule has 0 spiro atoms. The van der Waals surface area contributed by atoms with Crippen LogP contribution >= 0.6 is 0 Å². The second-order valence-corrected chi connectivity index (χ2v) is 6.63. The number of ether oxygens (including phenoxy) is 2. The molecule has 1 aliphatic rings. The van der Waals surface area contributed by atoms with E-state index in [4.69, 9.17) is 14.7 Å². The van der Waals surface area contributed by atoms with Crippen LogP contribution in [0, 0.1) is 11.3 Å². The van der Waals surface area contributed by atoms with E-state index in [1.807, 2.05) is 6.07 Å². The number of nitrogens with one attached hydrogen (secondary N) is 2. The van der Waals surface area contributed by atoms with Crippen molar-refractivity contribution in [2.24, 2.45) is 0 Å². The normalized spacial score (nSPS) is 18.8. The van der Waals surface area contributed by atoms with E-state index in [2.05, 4.69) is 10.6 Å². The van der Waals surface area contributed by atoms with Crippen LogP contribution in [0.1, 0.15) is 52.9 Å². The van der Waals surface area contributed by atoms with Gasteiger partial charge in [-0.05, 0) is 46.5 Å². The molecule has 130 valence electrons. The van der Waals surface area contributed by atoms with E-state index in [0.29, 0.717) is 25.8 Å². The van der Waals surface area contributed by atoms with E-state index in [-0.39, 0.29) is 12.0 Å². The first-order valence-electron chi connectivity index (χ1n) is 8.07. The molecule has 1 rings (SSSR count). The molecule has 0 saturated carbocycles. The van der Waals surface area contributed by atoms with Crippen LogP contribution in [0.4, 0.5) is 4.79 Å². The van der Waals surface area contributed by atoms with Crippen molar-refractivity contribution in [2.45, 2.75) is 70.6 Å². The van der Waals surface area contributed by atoms with E-state index in [0.717, 1.165) is 19.4 Å². The largest absolute Gasteiger partial charge is 0.444 e. The summed E-state index contributed by atoms with van der Waals surface area (Å²) in [5, 5.41) is 14.0. The van der Waals surface area contributed by atoms with Crippen molar-refractivity contribution < 1.29 is 19.1 Å². The van der Waals surface area contributed by atoms with E-state index < -0.39 is 17.7 Å². The van der Waals surface area contributed by atoms with Crippen molar-refractivity contribution in [1.82, 2.24) is 10.6 Å². The summed E-state index contributed by atoms with van der Waals surface area (Å²) in [6.45, 7) is 6.43. The molecule has 7 heteroatoms. The van der Waals surface area contributed by atoms with Gasteiger partial charge in [-0.1, -0.05) is 0 Å². The second kappa shape index (κ2) is 9.36. The highest BCUT2D eigenvalue weighted by atomic mass is 16.6. The van der Waals surface area contributed by atoms with Crippen LogP contribution in [0.3, 0.4) is 0 Å². The van der Waals surface area contributed by atoms with Crippen LogP contribution in [0.5, 0.6) is 0 Å². The van der Waals surface area contributed by atoms with Crippen molar-refractivity contribution in [1.29, 1.82) is 5.26 Å². The number of carbonyl (C=O) groups excluding carboxylic acids is 2.